The van der Waals surface area contributed by atoms with Crippen molar-refractivity contribution in [3.8, 4) is 0 Å². The first-order chi connectivity index (χ1) is 6.59. The molecule has 1 aliphatic carbocycles. The molecule has 1 aliphatic heterocycles. The van der Waals surface area contributed by atoms with Gasteiger partial charge in [0.25, 0.3) is 0 Å². The zero-order valence-electron chi connectivity index (χ0n) is 8.82. The van der Waals surface area contributed by atoms with Crippen molar-refractivity contribution in [3.63, 3.8) is 0 Å². The monoisotopic (exact) mass is 198 g/mol. The van der Waals surface area contributed by atoms with Crippen LogP contribution >= 0.6 is 0 Å². The van der Waals surface area contributed by atoms with Crippen molar-refractivity contribution in [1.82, 2.24) is 0 Å². The zero-order valence-corrected chi connectivity index (χ0v) is 8.82. The van der Waals surface area contributed by atoms with Crippen molar-refractivity contribution in [3.05, 3.63) is 0 Å². The number of ether oxygens (including phenoxy) is 1. The number of aliphatic carboxylic acids is 1. The third-order valence-corrected chi connectivity index (χ3v) is 3.87. The Morgan fingerprint density at radius 2 is 2.29 bits per heavy atom. The summed E-state index contributed by atoms with van der Waals surface area (Å²) >= 11 is 0. The summed E-state index contributed by atoms with van der Waals surface area (Å²) < 4.78 is 5.75. The molecule has 14 heavy (non-hydrogen) atoms. The van der Waals surface area contributed by atoms with E-state index in [1.54, 1.807) is 0 Å². The van der Waals surface area contributed by atoms with E-state index in [4.69, 9.17) is 9.84 Å². The Morgan fingerprint density at radius 3 is 2.64 bits per heavy atom. The Balaban J connectivity index is 2.05. The van der Waals surface area contributed by atoms with Gasteiger partial charge in [-0.25, -0.2) is 4.79 Å². The molecule has 1 saturated carbocycles. The fourth-order valence-electron chi connectivity index (χ4n) is 2.80. The minimum Gasteiger partial charge on any atom is -0.479 e. The first-order valence-corrected chi connectivity index (χ1v) is 5.49. The highest BCUT2D eigenvalue weighted by atomic mass is 16.5. The molecule has 3 nitrogen and oxygen atoms in total. The van der Waals surface area contributed by atoms with Crippen LogP contribution in [0.5, 0.6) is 0 Å². The molecular weight excluding hydrogens is 180 g/mol. The van der Waals surface area contributed by atoms with Crippen LogP contribution in [0.15, 0.2) is 0 Å². The Kier molecular flexibility index (Phi) is 2.30. The number of rotatable bonds is 3. The second kappa shape index (κ2) is 3.23. The van der Waals surface area contributed by atoms with Gasteiger partial charge in [-0.2, -0.15) is 0 Å². The predicted molar refractivity (Wildman–Crippen MR) is 52.0 cm³/mol. The number of carboxylic acid groups (broad SMARTS) is 1. The van der Waals surface area contributed by atoms with Gasteiger partial charge in [-0.1, -0.05) is 13.8 Å². The fourth-order valence-corrected chi connectivity index (χ4v) is 2.80. The van der Waals surface area contributed by atoms with Crippen molar-refractivity contribution in [2.75, 3.05) is 0 Å². The summed E-state index contributed by atoms with van der Waals surface area (Å²) in [5.41, 5.74) is -0.109. The Morgan fingerprint density at radius 1 is 1.64 bits per heavy atom. The maximum Gasteiger partial charge on any atom is 0.332 e. The maximum absolute atomic E-state index is 10.8. The Bertz CT molecular complexity index is 251. The molecule has 0 radical (unpaired) electrons. The summed E-state index contributed by atoms with van der Waals surface area (Å²) in [5, 5.41) is 8.88. The van der Waals surface area contributed by atoms with Gasteiger partial charge in [0.1, 0.15) is 0 Å². The van der Waals surface area contributed by atoms with Crippen LogP contribution in [0.2, 0.25) is 0 Å². The standard InChI is InChI=1S/C11H18O3/c1-3-11(8-6-7(8)2)5-4-9(14-11)10(12)13/h7-9H,3-6H2,1-2H3,(H,12,13). The maximum atomic E-state index is 10.8. The van der Waals surface area contributed by atoms with E-state index < -0.39 is 12.1 Å². The summed E-state index contributed by atoms with van der Waals surface area (Å²) in [4.78, 5) is 10.8. The quantitative estimate of drug-likeness (QED) is 0.755. The van der Waals surface area contributed by atoms with E-state index in [2.05, 4.69) is 13.8 Å². The Hall–Kier alpha value is -0.570. The van der Waals surface area contributed by atoms with Crippen LogP contribution in [0.4, 0.5) is 0 Å². The molecular formula is C11H18O3. The largest absolute Gasteiger partial charge is 0.479 e. The van der Waals surface area contributed by atoms with Gasteiger partial charge in [0, 0.05) is 0 Å². The van der Waals surface area contributed by atoms with Crippen LogP contribution in [0.25, 0.3) is 0 Å². The average Bonchev–Trinajstić information content (AvgIpc) is 2.74. The van der Waals surface area contributed by atoms with Gasteiger partial charge >= 0.3 is 5.97 Å². The van der Waals surface area contributed by atoms with Crippen molar-refractivity contribution >= 4 is 5.97 Å². The molecule has 0 aromatic carbocycles. The van der Waals surface area contributed by atoms with Gasteiger partial charge in [0.15, 0.2) is 6.10 Å². The smallest absolute Gasteiger partial charge is 0.332 e. The van der Waals surface area contributed by atoms with Crippen molar-refractivity contribution in [2.45, 2.75) is 51.2 Å². The summed E-state index contributed by atoms with van der Waals surface area (Å²) in [7, 11) is 0. The lowest BCUT2D eigenvalue weighted by molar-refractivity contribution is -0.156. The summed E-state index contributed by atoms with van der Waals surface area (Å²) in [6.45, 7) is 4.33. The summed E-state index contributed by atoms with van der Waals surface area (Å²) in [6.07, 6.45) is 3.22. The molecule has 0 spiro atoms. The lowest BCUT2D eigenvalue weighted by atomic mass is 9.90. The van der Waals surface area contributed by atoms with Gasteiger partial charge in [-0.05, 0) is 37.5 Å². The molecule has 4 atom stereocenters. The van der Waals surface area contributed by atoms with Gasteiger partial charge in [-0.15, -0.1) is 0 Å². The average molecular weight is 198 g/mol. The van der Waals surface area contributed by atoms with Crippen LogP contribution in [0.1, 0.15) is 39.5 Å². The van der Waals surface area contributed by atoms with Gasteiger partial charge in [0.2, 0.25) is 0 Å². The SMILES string of the molecule is CCC1(C2CC2C)CCC(C(=O)O)O1. The lowest BCUT2D eigenvalue weighted by Crippen LogP contribution is -2.33. The molecule has 2 rings (SSSR count). The van der Waals surface area contributed by atoms with E-state index in [0.29, 0.717) is 12.3 Å². The molecule has 0 aromatic rings. The van der Waals surface area contributed by atoms with Crippen molar-refractivity contribution in [2.24, 2.45) is 11.8 Å². The Labute approximate surface area is 84.4 Å². The highest BCUT2D eigenvalue weighted by Crippen LogP contribution is 2.54. The third kappa shape index (κ3) is 1.44. The molecule has 4 unspecified atom stereocenters. The van der Waals surface area contributed by atoms with Crippen LogP contribution in [0, 0.1) is 11.8 Å². The zero-order chi connectivity index (χ0) is 10.3. The first kappa shape index (κ1) is 9.97. The predicted octanol–water partition coefficient (Wildman–Crippen LogP) is 2.05. The van der Waals surface area contributed by atoms with Crippen molar-refractivity contribution in [1.29, 1.82) is 0 Å². The number of carboxylic acids is 1. The normalized spacial score (nSPS) is 46.6. The summed E-state index contributed by atoms with van der Waals surface area (Å²) in [6, 6.07) is 0. The first-order valence-electron chi connectivity index (χ1n) is 5.49. The van der Waals surface area contributed by atoms with E-state index in [1.165, 1.54) is 6.42 Å². The van der Waals surface area contributed by atoms with Gasteiger partial charge in [0.05, 0.1) is 5.60 Å². The highest BCUT2D eigenvalue weighted by molar-refractivity contribution is 5.72. The fraction of sp³-hybridized carbons (Fsp3) is 0.909. The molecule has 0 bridgehead atoms. The topological polar surface area (TPSA) is 46.5 Å². The summed E-state index contributed by atoms with van der Waals surface area (Å²) in [5.74, 6) is 0.535. The molecule has 80 valence electrons. The lowest BCUT2D eigenvalue weighted by Gasteiger charge is -2.28. The van der Waals surface area contributed by atoms with Crippen LogP contribution < -0.4 is 0 Å². The molecule has 1 saturated heterocycles. The van der Waals surface area contributed by atoms with E-state index in [1.807, 2.05) is 0 Å². The molecule has 1 N–H and O–H groups in total. The highest BCUT2D eigenvalue weighted by Gasteiger charge is 2.54. The van der Waals surface area contributed by atoms with Crippen LogP contribution in [0.3, 0.4) is 0 Å². The van der Waals surface area contributed by atoms with Crippen LogP contribution in [-0.2, 0) is 9.53 Å². The van der Waals surface area contributed by atoms with E-state index in [0.717, 1.165) is 18.8 Å². The molecule has 2 aliphatic rings. The second-order valence-electron chi connectivity index (χ2n) is 4.72. The minimum atomic E-state index is -0.798. The van der Waals surface area contributed by atoms with Gasteiger partial charge < -0.3 is 9.84 Å². The number of carbonyl (C=O) groups is 1. The number of hydrogen-bond acceptors (Lipinski definition) is 2. The van der Waals surface area contributed by atoms with Gasteiger partial charge in [-0.3, -0.25) is 0 Å². The second-order valence-corrected chi connectivity index (χ2v) is 4.72. The van der Waals surface area contributed by atoms with E-state index >= 15 is 0 Å². The van der Waals surface area contributed by atoms with Crippen molar-refractivity contribution < 1.29 is 14.6 Å². The van der Waals surface area contributed by atoms with E-state index in [9.17, 15) is 4.79 Å². The molecule has 3 heteroatoms. The third-order valence-electron chi connectivity index (χ3n) is 3.87. The molecule has 0 aromatic heterocycles. The van der Waals surface area contributed by atoms with E-state index in [-0.39, 0.29) is 5.60 Å². The minimum absolute atomic E-state index is 0.109. The number of hydrogen-bond donors (Lipinski definition) is 1. The molecule has 0 amide bonds. The van der Waals surface area contributed by atoms with Crippen LogP contribution in [-0.4, -0.2) is 22.8 Å². The molecule has 1 heterocycles. The molecule has 2 fully saturated rings.